The van der Waals surface area contributed by atoms with Crippen LogP contribution in [0.5, 0.6) is 0 Å². The van der Waals surface area contributed by atoms with Gasteiger partial charge in [0.25, 0.3) is 0 Å². The first-order chi connectivity index (χ1) is 17.4. The van der Waals surface area contributed by atoms with Crippen LogP contribution in [0.25, 0.3) is 0 Å². The lowest BCUT2D eigenvalue weighted by Gasteiger charge is -2.22. The van der Waals surface area contributed by atoms with E-state index in [0.717, 1.165) is 31.7 Å². The molecule has 0 heterocycles. The van der Waals surface area contributed by atoms with Crippen molar-refractivity contribution >= 4 is 16.7 Å². The molecule has 0 aliphatic carbocycles. The SMILES string of the molecule is CCCCCCCCCCCCCCON(OCCCCCCCCCCCC)c1ccccc1.[SiH4]. The van der Waals surface area contributed by atoms with Crippen LogP contribution in [-0.2, 0) is 9.68 Å². The molecule has 0 N–H and O–H groups in total. The van der Waals surface area contributed by atoms with E-state index in [0.29, 0.717) is 0 Å². The molecule has 0 fully saturated rings. The smallest absolute Gasteiger partial charge is 0.0947 e. The van der Waals surface area contributed by atoms with Gasteiger partial charge in [0.05, 0.1) is 18.9 Å². The van der Waals surface area contributed by atoms with Crippen molar-refractivity contribution in [3.63, 3.8) is 0 Å². The van der Waals surface area contributed by atoms with Crippen LogP contribution in [0, 0.1) is 0 Å². The largest absolute Gasteiger partial charge is 0.249 e. The van der Waals surface area contributed by atoms with Gasteiger partial charge in [0, 0.05) is 0 Å². The maximum absolute atomic E-state index is 6.02. The van der Waals surface area contributed by atoms with Crippen LogP contribution in [-0.4, -0.2) is 24.2 Å². The molecule has 1 aromatic rings. The Bertz CT molecular complexity index is 528. The van der Waals surface area contributed by atoms with Crippen LogP contribution in [0.1, 0.15) is 155 Å². The molecule has 3 nitrogen and oxygen atoms in total. The van der Waals surface area contributed by atoms with Crippen molar-refractivity contribution in [3.05, 3.63) is 30.3 Å². The van der Waals surface area contributed by atoms with Gasteiger partial charge in [-0.1, -0.05) is 160 Å². The van der Waals surface area contributed by atoms with Crippen LogP contribution in [0.2, 0.25) is 0 Å². The minimum atomic E-state index is 0. The number of benzene rings is 1. The van der Waals surface area contributed by atoms with Crippen LogP contribution in [0.3, 0.4) is 0 Å². The third-order valence-electron chi connectivity index (χ3n) is 6.88. The summed E-state index contributed by atoms with van der Waals surface area (Å²) in [6.45, 7) is 6.02. The van der Waals surface area contributed by atoms with E-state index in [1.165, 1.54) is 128 Å². The molecule has 1 rings (SSSR count). The quantitative estimate of drug-likeness (QED) is 0.0653. The van der Waals surface area contributed by atoms with E-state index in [1.54, 1.807) is 5.23 Å². The lowest BCUT2D eigenvalue weighted by atomic mass is 10.1. The van der Waals surface area contributed by atoms with E-state index < -0.39 is 0 Å². The van der Waals surface area contributed by atoms with Gasteiger partial charge in [-0.05, 0) is 35.9 Å². The maximum Gasteiger partial charge on any atom is 0.0947 e. The second-order valence-corrected chi connectivity index (χ2v) is 10.3. The molecule has 0 amide bonds. The summed E-state index contributed by atoms with van der Waals surface area (Å²) in [6, 6.07) is 10.2. The zero-order chi connectivity index (χ0) is 25.1. The molecule has 0 unspecified atom stereocenters. The first-order valence-electron chi connectivity index (χ1n) is 15.5. The van der Waals surface area contributed by atoms with Gasteiger partial charge in [0.1, 0.15) is 0 Å². The summed E-state index contributed by atoms with van der Waals surface area (Å²) in [4.78, 5) is 12.0. The molecule has 0 aliphatic heterocycles. The standard InChI is InChI=1S/C32H59NO2.H4Si/c1-3-5-7-9-11-13-15-16-18-20-22-27-31-35-33(32-28-24-23-25-29-32)34-30-26-21-19-17-14-12-10-8-6-4-2;/h23-25,28-29H,3-22,26-27,30-31H2,1-2H3;1H4. The third kappa shape index (κ3) is 22.4. The van der Waals surface area contributed by atoms with Gasteiger partial charge in [-0.25, -0.2) is 9.68 Å². The Hall–Kier alpha value is -0.843. The summed E-state index contributed by atoms with van der Waals surface area (Å²) in [5.74, 6) is 0. The minimum absolute atomic E-state index is 0. The summed E-state index contributed by atoms with van der Waals surface area (Å²) in [5.41, 5.74) is 0.985. The van der Waals surface area contributed by atoms with Gasteiger partial charge in [0.15, 0.2) is 0 Å². The normalized spacial score (nSPS) is 10.9. The summed E-state index contributed by atoms with van der Waals surface area (Å²) < 4.78 is 0. The highest BCUT2D eigenvalue weighted by Gasteiger charge is 2.08. The summed E-state index contributed by atoms with van der Waals surface area (Å²) in [5, 5.41) is 1.66. The molecule has 212 valence electrons. The Kier molecular flexibility index (Phi) is 28.1. The van der Waals surface area contributed by atoms with Crippen LogP contribution < -0.4 is 5.23 Å². The highest BCUT2D eigenvalue weighted by molar-refractivity contribution is 5.75. The fourth-order valence-corrected chi connectivity index (χ4v) is 4.56. The Morgan fingerprint density at radius 1 is 0.444 bits per heavy atom. The summed E-state index contributed by atoms with van der Waals surface area (Å²) in [6.07, 6.45) is 29.7. The molecule has 0 aliphatic rings. The van der Waals surface area contributed by atoms with Gasteiger partial charge in [-0.15, -0.1) is 5.23 Å². The average molecular weight is 522 g/mol. The number of unbranched alkanes of at least 4 members (excludes halogenated alkanes) is 20. The Labute approximate surface area is 230 Å². The van der Waals surface area contributed by atoms with Crippen molar-refractivity contribution in [2.45, 2.75) is 155 Å². The molecule has 0 saturated heterocycles. The molecule has 0 bridgehead atoms. The molecule has 36 heavy (non-hydrogen) atoms. The molecule has 0 aromatic heterocycles. The van der Waals surface area contributed by atoms with Gasteiger partial charge < -0.3 is 0 Å². The molecule has 1 aromatic carbocycles. The molecule has 0 radical (unpaired) electrons. The highest BCUT2D eigenvalue weighted by Crippen LogP contribution is 2.17. The predicted molar refractivity (Wildman–Crippen MR) is 165 cm³/mol. The number of anilines is 1. The number of hydrogen-bond donors (Lipinski definition) is 0. The second-order valence-electron chi connectivity index (χ2n) is 10.3. The predicted octanol–water partition coefficient (Wildman–Crippen LogP) is 9.53. The molecule has 4 heteroatoms. The first kappa shape index (κ1) is 35.2. The van der Waals surface area contributed by atoms with Crippen molar-refractivity contribution in [1.82, 2.24) is 0 Å². The number of hydrogen-bond acceptors (Lipinski definition) is 3. The molecule has 0 saturated carbocycles. The number of para-hydroxylation sites is 1. The number of rotatable bonds is 27. The van der Waals surface area contributed by atoms with E-state index in [-0.39, 0.29) is 11.0 Å². The van der Waals surface area contributed by atoms with Gasteiger partial charge in [-0.2, -0.15) is 0 Å². The molecule has 0 atom stereocenters. The lowest BCUT2D eigenvalue weighted by molar-refractivity contribution is -0.0914. The zero-order valence-electron chi connectivity index (χ0n) is 23.6. The summed E-state index contributed by atoms with van der Waals surface area (Å²) >= 11 is 0. The van der Waals surface area contributed by atoms with E-state index >= 15 is 0 Å². The van der Waals surface area contributed by atoms with E-state index in [4.69, 9.17) is 9.68 Å². The maximum atomic E-state index is 6.02. The average Bonchev–Trinajstić information content (AvgIpc) is 2.89. The van der Waals surface area contributed by atoms with Crippen molar-refractivity contribution in [2.75, 3.05) is 18.4 Å². The third-order valence-corrected chi connectivity index (χ3v) is 6.88. The Morgan fingerprint density at radius 2 is 0.750 bits per heavy atom. The summed E-state index contributed by atoms with van der Waals surface area (Å²) in [7, 11) is 0. The topological polar surface area (TPSA) is 21.7 Å². The second kappa shape index (κ2) is 28.7. The Morgan fingerprint density at radius 3 is 1.08 bits per heavy atom. The fourth-order valence-electron chi connectivity index (χ4n) is 4.56. The fraction of sp³-hybridized carbons (Fsp3) is 0.812. The van der Waals surface area contributed by atoms with E-state index in [2.05, 4.69) is 26.0 Å². The van der Waals surface area contributed by atoms with Crippen molar-refractivity contribution in [3.8, 4) is 0 Å². The monoisotopic (exact) mass is 521 g/mol. The lowest BCUT2D eigenvalue weighted by Crippen LogP contribution is -2.25. The zero-order valence-corrected chi connectivity index (χ0v) is 23.6. The minimum Gasteiger partial charge on any atom is -0.249 e. The highest BCUT2D eigenvalue weighted by atomic mass is 28.1. The molecular weight excluding hydrogens is 458 g/mol. The van der Waals surface area contributed by atoms with E-state index in [1.807, 2.05) is 18.2 Å². The van der Waals surface area contributed by atoms with Crippen molar-refractivity contribution in [2.24, 2.45) is 0 Å². The van der Waals surface area contributed by atoms with Crippen LogP contribution >= 0.6 is 0 Å². The van der Waals surface area contributed by atoms with Gasteiger partial charge >= 0.3 is 0 Å². The van der Waals surface area contributed by atoms with E-state index in [9.17, 15) is 0 Å². The van der Waals surface area contributed by atoms with Gasteiger partial charge in [0.2, 0.25) is 0 Å². The van der Waals surface area contributed by atoms with Gasteiger partial charge in [-0.3, -0.25) is 0 Å². The molecule has 0 spiro atoms. The molecular formula is C32H63NO2Si. The van der Waals surface area contributed by atoms with Crippen molar-refractivity contribution < 1.29 is 9.68 Å². The van der Waals surface area contributed by atoms with Crippen LogP contribution in [0.4, 0.5) is 5.69 Å². The number of nitrogens with zero attached hydrogens (tertiary/aromatic N) is 1. The first-order valence-corrected chi connectivity index (χ1v) is 15.5. The van der Waals surface area contributed by atoms with Crippen molar-refractivity contribution in [1.29, 1.82) is 0 Å². The van der Waals surface area contributed by atoms with Crippen LogP contribution in [0.15, 0.2) is 30.3 Å². The Balaban J connectivity index is 0.0000122.